The van der Waals surface area contributed by atoms with Crippen LogP contribution in [0.25, 0.3) is 0 Å². The second-order valence-corrected chi connectivity index (χ2v) is 6.44. The van der Waals surface area contributed by atoms with Gasteiger partial charge in [-0.2, -0.15) is 5.10 Å². The summed E-state index contributed by atoms with van der Waals surface area (Å²) in [5.41, 5.74) is 3.92. The lowest BCUT2D eigenvalue weighted by Crippen LogP contribution is -2.42. The highest BCUT2D eigenvalue weighted by Crippen LogP contribution is 2.31. The molecule has 142 valence electrons. The van der Waals surface area contributed by atoms with Gasteiger partial charge < -0.3 is 15.5 Å². The predicted molar refractivity (Wildman–Crippen MR) is 118 cm³/mol. The molecule has 2 N–H and O–H groups in total. The van der Waals surface area contributed by atoms with E-state index in [0.717, 1.165) is 37.7 Å². The maximum absolute atomic E-state index is 4.66. The minimum Gasteiger partial charge on any atom is -0.367 e. The molecule has 1 atom stereocenters. The van der Waals surface area contributed by atoms with Gasteiger partial charge in [0, 0.05) is 44.6 Å². The molecule has 0 fully saturated rings. The van der Waals surface area contributed by atoms with Crippen LogP contribution in [0.15, 0.2) is 41.5 Å². The lowest BCUT2D eigenvalue weighted by atomic mass is 10.1. The van der Waals surface area contributed by atoms with E-state index in [9.17, 15) is 0 Å². The number of nitrogens with one attached hydrogen (secondary N) is 2. The number of halogens is 1. The summed E-state index contributed by atoms with van der Waals surface area (Å²) in [6.07, 6.45) is 2.93. The van der Waals surface area contributed by atoms with Gasteiger partial charge in [-0.15, -0.1) is 24.0 Å². The molecule has 1 unspecified atom stereocenters. The van der Waals surface area contributed by atoms with E-state index >= 15 is 0 Å². The quantitative estimate of drug-likeness (QED) is 0.389. The molecule has 7 heteroatoms. The first-order chi connectivity index (χ1) is 12.2. The van der Waals surface area contributed by atoms with E-state index in [1.807, 2.05) is 17.8 Å². The van der Waals surface area contributed by atoms with Crippen LogP contribution in [-0.4, -0.2) is 41.4 Å². The average Bonchev–Trinajstić information content (AvgIpc) is 3.15. The number of hydrogen-bond donors (Lipinski definition) is 2. The summed E-state index contributed by atoms with van der Waals surface area (Å²) < 4.78 is 1.86. The first kappa shape index (κ1) is 20.5. The monoisotopic (exact) mass is 468 g/mol. The number of nitrogens with zero attached hydrogens (tertiary/aromatic N) is 4. The van der Waals surface area contributed by atoms with Crippen LogP contribution in [-0.2, 0) is 20.0 Å². The first-order valence-electron chi connectivity index (χ1n) is 9.02. The molecule has 0 spiro atoms. The third-order valence-corrected chi connectivity index (χ3v) is 4.66. The van der Waals surface area contributed by atoms with Crippen molar-refractivity contribution in [3.8, 4) is 0 Å². The fourth-order valence-corrected chi connectivity index (χ4v) is 3.32. The lowest BCUT2D eigenvalue weighted by Gasteiger charge is -2.25. The first-order valence-corrected chi connectivity index (χ1v) is 9.02. The molecule has 6 nitrogen and oxygen atoms in total. The van der Waals surface area contributed by atoms with E-state index in [1.54, 1.807) is 6.20 Å². The minimum absolute atomic E-state index is 0. The number of fused-ring (bicyclic) bond motifs is 1. The topological polar surface area (TPSA) is 57.5 Å². The van der Waals surface area contributed by atoms with Crippen LogP contribution in [0.1, 0.15) is 25.1 Å². The van der Waals surface area contributed by atoms with Crippen molar-refractivity contribution in [2.45, 2.75) is 32.9 Å². The normalized spacial score (nSPS) is 16.2. The lowest BCUT2D eigenvalue weighted by molar-refractivity contribution is 0.655. The summed E-state index contributed by atoms with van der Waals surface area (Å²) in [4.78, 5) is 7.14. The van der Waals surface area contributed by atoms with Gasteiger partial charge in [0.2, 0.25) is 0 Å². The van der Waals surface area contributed by atoms with Crippen LogP contribution in [0.5, 0.6) is 0 Å². The molecule has 0 saturated carbocycles. The zero-order valence-electron chi connectivity index (χ0n) is 15.8. The van der Waals surface area contributed by atoms with Crippen molar-refractivity contribution >= 4 is 35.6 Å². The highest BCUT2D eigenvalue weighted by atomic mass is 127. The summed E-state index contributed by atoms with van der Waals surface area (Å²) in [5, 5.41) is 10.9. The van der Waals surface area contributed by atoms with E-state index in [-0.39, 0.29) is 24.0 Å². The van der Waals surface area contributed by atoms with Crippen molar-refractivity contribution in [2.24, 2.45) is 12.0 Å². The van der Waals surface area contributed by atoms with Gasteiger partial charge in [-0.3, -0.25) is 4.68 Å². The molecule has 0 radical (unpaired) electrons. The fourth-order valence-electron chi connectivity index (χ4n) is 3.32. The van der Waals surface area contributed by atoms with Gasteiger partial charge >= 0.3 is 0 Å². The molecular formula is C19H29IN6. The van der Waals surface area contributed by atoms with Gasteiger partial charge in [-0.1, -0.05) is 18.2 Å². The van der Waals surface area contributed by atoms with Gasteiger partial charge in [-0.25, -0.2) is 4.99 Å². The highest BCUT2D eigenvalue weighted by molar-refractivity contribution is 14.0. The van der Waals surface area contributed by atoms with Crippen molar-refractivity contribution < 1.29 is 0 Å². The van der Waals surface area contributed by atoms with E-state index in [2.05, 4.69) is 63.7 Å². The van der Waals surface area contributed by atoms with Crippen LogP contribution in [0.4, 0.5) is 5.69 Å². The van der Waals surface area contributed by atoms with E-state index in [4.69, 9.17) is 0 Å². The number of benzene rings is 1. The van der Waals surface area contributed by atoms with Crippen LogP contribution >= 0.6 is 24.0 Å². The van der Waals surface area contributed by atoms with Crippen molar-refractivity contribution in [1.82, 2.24) is 20.4 Å². The maximum atomic E-state index is 4.66. The van der Waals surface area contributed by atoms with Crippen LogP contribution in [0, 0.1) is 0 Å². The zero-order chi connectivity index (χ0) is 17.6. The Morgan fingerprint density at radius 3 is 2.81 bits per heavy atom. The number of rotatable bonds is 6. The van der Waals surface area contributed by atoms with E-state index < -0.39 is 0 Å². The third-order valence-electron chi connectivity index (χ3n) is 4.66. The SMILES string of the molecule is CCNC(=NCc1ccnn1C)NCCN1c2ccccc2CC1C.I. The number of para-hydroxylation sites is 1. The number of hydrogen-bond acceptors (Lipinski definition) is 3. The van der Waals surface area contributed by atoms with Gasteiger partial charge in [0.15, 0.2) is 5.96 Å². The molecular weight excluding hydrogens is 439 g/mol. The molecule has 0 saturated heterocycles. The summed E-state index contributed by atoms with van der Waals surface area (Å²) >= 11 is 0. The largest absolute Gasteiger partial charge is 0.367 e. The number of aliphatic imine (C=N–C) groups is 1. The Hall–Kier alpha value is -1.77. The molecule has 2 aromatic rings. The average molecular weight is 468 g/mol. The summed E-state index contributed by atoms with van der Waals surface area (Å²) in [7, 11) is 1.94. The number of aryl methyl sites for hydroxylation is 1. The number of aromatic nitrogens is 2. The van der Waals surface area contributed by atoms with Crippen molar-refractivity contribution in [2.75, 3.05) is 24.5 Å². The Labute approximate surface area is 173 Å². The van der Waals surface area contributed by atoms with Gasteiger partial charge in [-0.05, 0) is 38.0 Å². The Morgan fingerprint density at radius 1 is 1.27 bits per heavy atom. The molecule has 1 aromatic carbocycles. The van der Waals surface area contributed by atoms with Crippen LogP contribution < -0.4 is 15.5 Å². The van der Waals surface area contributed by atoms with Crippen molar-refractivity contribution in [3.63, 3.8) is 0 Å². The predicted octanol–water partition coefficient (Wildman–Crippen LogP) is 2.54. The smallest absolute Gasteiger partial charge is 0.191 e. The van der Waals surface area contributed by atoms with Gasteiger partial charge in [0.1, 0.15) is 0 Å². The standard InChI is InChI=1S/C19H28N6.HI/c1-4-20-19(22-14-17-9-10-23-24(17)3)21-11-12-25-15(2)13-16-7-5-6-8-18(16)25;/h5-10,15H,4,11-14H2,1-3H3,(H2,20,21,22);1H. The van der Waals surface area contributed by atoms with Gasteiger partial charge in [0.25, 0.3) is 0 Å². The summed E-state index contributed by atoms with van der Waals surface area (Å²) in [6.45, 7) is 7.67. The van der Waals surface area contributed by atoms with Crippen LogP contribution in [0.2, 0.25) is 0 Å². The molecule has 0 bridgehead atoms. The Morgan fingerprint density at radius 2 is 2.08 bits per heavy atom. The molecule has 1 aromatic heterocycles. The number of anilines is 1. The molecule has 0 aliphatic carbocycles. The van der Waals surface area contributed by atoms with Crippen molar-refractivity contribution in [1.29, 1.82) is 0 Å². The second kappa shape index (κ2) is 9.80. The van der Waals surface area contributed by atoms with Crippen LogP contribution in [0.3, 0.4) is 0 Å². The van der Waals surface area contributed by atoms with Gasteiger partial charge in [0.05, 0.1) is 12.2 Å². The summed E-state index contributed by atoms with van der Waals surface area (Å²) in [5.74, 6) is 0.851. The molecule has 3 rings (SSSR count). The second-order valence-electron chi connectivity index (χ2n) is 6.44. The fraction of sp³-hybridized carbons (Fsp3) is 0.474. The van der Waals surface area contributed by atoms with E-state index in [0.29, 0.717) is 12.6 Å². The summed E-state index contributed by atoms with van der Waals surface area (Å²) in [6, 6.07) is 11.3. The molecule has 0 amide bonds. The van der Waals surface area contributed by atoms with Crippen molar-refractivity contribution in [3.05, 3.63) is 47.8 Å². The Balaban J connectivity index is 0.00000243. The third kappa shape index (κ3) is 4.90. The highest BCUT2D eigenvalue weighted by Gasteiger charge is 2.24. The molecule has 1 aliphatic heterocycles. The molecule has 26 heavy (non-hydrogen) atoms. The zero-order valence-corrected chi connectivity index (χ0v) is 18.1. The molecule has 1 aliphatic rings. The van der Waals surface area contributed by atoms with E-state index in [1.165, 1.54) is 11.3 Å². The number of guanidine groups is 1. The molecule has 2 heterocycles. The minimum atomic E-state index is 0. The maximum Gasteiger partial charge on any atom is 0.191 e. The Kier molecular flexibility index (Phi) is 7.74. The Bertz CT molecular complexity index is 726.